The summed E-state index contributed by atoms with van der Waals surface area (Å²) in [5.41, 5.74) is 1.15. The SMILES string of the molecule is [C-]#[N+]c1cc(Cl)cc(Oc2c(Br)ccc(Cc3nn(C(=O)OC(C)CN(C)C)c4nnccc34)c2F)c1.[Cl-].[H+]. The smallest absolute Gasteiger partial charge is 1.00 e. The highest BCUT2D eigenvalue weighted by molar-refractivity contribution is 9.10. The van der Waals surface area contributed by atoms with E-state index in [1.165, 1.54) is 24.4 Å². The molecule has 198 valence electrons. The number of aromatic nitrogens is 4. The first-order valence-corrected chi connectivity index (χ1v) is 12.2. The van der Waals surface area contributed by atoms with Gasteiger partial charge in [0.05, 0.1) is 22.9 Å². The maximum absolute atomic E-state index is 15.6. The number of fused-ring (bicyclic) bond motifs is 1. The third-order valence-corrected chi connectivity index (χ3v) is 6.07. The molecule has 0 fully saturated rings. The average molecular weight is 624 g/mol. The Labute approximate surface area is 239 Å². The molecule has 0 spiro atoms. The minimum atomic E-state index is -0.706. The molecule has 13 heteroatoms. The Kier molecular flexibility index (Phi) is 9.62. The van der Waals surface area contributed by atoms with Crippen LogP contribution in [0.15, 0.2) is 47.1 Å². The number of carbonyl (C=O) groups excluding carboxylic acids is 1. The van der Waals surface area contributed by atoms with Gasteiger partial charge in [0.2, 0.25) is 0 Å². The second-order valence-corrected chi connectivity index (χ2v) is 9.76. The first kappa shape index (κ1) is 29.3. The minimum absolute atomic E-state index is 0. The second-order valence-electron chi connectivity index (χ2n) is 8.47. The van der Waals surface area contributed by atoms with Crippen LogP contribution >= 0.6 is 27.5 Å². The zero-order valence-electron chi connectivity index (χ0n) is 21.5. The van der Waals surface area contributed by atoms with E-state index in [1.54, 1.807) is 25.1 Å². The van der Waals surface area contributed by atoms with Crippen LogP contribution in [0.2, 0.25) is 5.02 Å². The van der Waals surface area contributed by atoms with Gasteiger partial charge in [-0.05, 0) is 72.8 Å². The molecule has 1 unspecified atom stereocenters. The Balaban J connectivity index is 0.00000267. The summed E-state index contributed by atoms with van der Waals surface area (Å²) in [6, 6.07) is 9.33. The molecule has 9 nitrogen and oxygen atoms in total. The van der Waals surface area contributed by atoms with Crippen molar-refractivity contribution in [1.29, 1.82) is 0 Å². The highest BCUT2D eigenvalue weighted by atomic mass is 79.9. The molecular weight excluding hydrogens is 602 g/mol. The molecule has 2 aromatic heterocycles. The van der Waals surface area contributed by atoms with Gasteiger partial charge in [0.15, 0.2) is 22.9 Å². The summed E-state index contributed by atoms with van der Waals surface area (Å²) in [6.45, 7) is 9.50. The fraction of sp³-hybridized carbons (Fsp3) is 0.240. The third kappa shape index (κ3) is 6.57. The predicted molar refractivity (Wildman–Crippen MR) is 141 cm³/mol. The fourth-order valence-electron chi connectivity index (χ4n) is 3.73. The lowest BCUT2D eigenvalue weighted by atomic mass is 10.1. The van der Waals surface area contributed by atoms with Crippen LogP contribution in [0.5, 0.6) is 11.5 Å². The van der Waals surface area contributed by atoms with Gasteiger partial charge in [0.25, 0.3) is 0 Å². The van der Waals surface area contributed by atoms with Gasteiger partial charge >= 0.3 is 7.52 Å². The molecule has 0 radical (unpaired) electrons. The van der Waals surface area contributed by atoms with Crippen molar-refractivity contribution in [2.45, 2.75) is 19.4 Å². The molecule has 0 amide bonds. The fourth-order valence-corrected chi connectivity index (χ4v) is 4.34. The number of hydrogen-bond acceptors (Lipinski definition) is 7. The standard InChI is InChI=1S/C25H21BrClFN6O3.ClH/c1-14(13-33(3)4)36-25(35)34-24-19(7-8-30-31-24)21(32-34)9-15-5-6-20(26)23(22(15)28)37-18-11-16(27)10-17(12-18)29-2;/h5-8,10-12,14H,9,13H2,1,3-4H3;1H. The molecule has 4 rings (SSSR count). The first-order chi connectivity index (χ1) is 17.7. The molecule has 0 bridgehead atoms. The number of ether oxygens (including phenoxy) is 2. The monoisotopic (exact) mass is 622 g/mol. The molecule has 4 aromatic rings. The van der Waals surface area contributed by atoms with Crippen molar-refractivity contribution in [3.05, 3.63) is 80.6 Å². The molecule has 2 aromatic carbocycles. The van der Waals surface area contributed by atoms with Crippen LogP contribution in [0.3, 0.4) is 0 Å². The normalized spacial score (nSPS) is 11.6. The molecule has 0 aliphatic heterocycles. The van der Waals surface area contributed by atoms with Crippen LogP contribution in [-0.2, 0) is 11.2 Å². The van der Waals surface area contributed by atoms with E-state index in [4.69, 9.17) is 27.6 Å². The van der Waals surface area contributed by atoms with Gasteiger partial charge in [-0.15, -0.1) is 9.78 Å². The summed E-state index contributed by atoms with van der Waals surface area (Å²) in [5, 5.41) is 13.1. The van der Waals surface area contributed by atoms with E-state index in [-0.39, 0.29) is 54.8 Å². The Bertz CT molecular complexity index is 1530. The number of benzene rings is 2. The van der Waals surface area contributed by atoms with Gasteiger partial charge in [0, 0.05) is 23.4 Å². The van der Waals surface area contributed by atoms with Crippen LogP contribution in [-0.4, -0.2) is 57.7 Å². The lowest BCUT2D eigenvalue weighted by molar-refractivity contribution is -0.0000182. The van der Waals surface area contributed by atoms with Gasteiger partial charge in [-0.1, -0.05) is 17.7 Å². The molecule has 0 N–H and O–H groups in total. The molecule has 0 aliphatic rings. The zero-order valence-corrected chi connectivity index (χ0v) is 23.6. The molecule has 2 heterocycles. The molecular formula is C25H22BrCl2FN6O3. The predicted octanol–water partition coefficient (Wildman–Crippen LogP) is 3.37. The van der Waals surface area contributed by atoms with Crippen LogP contribution in [0, 0.1) is 12.4 Å². The maximum Gasteiger partial charge on any atom is 1.00 e. The molecule has 0 saturated carbocycles. The second kappa shape index (κ2) is 12.5. The molecule has 0 aliphatic carbocycles. The Morgan fingerprint density at radius 1 is 1.32 bits per heavy atom. The van der Waals surface area contributed by atoms with Crippen molar-refractivity contribution in [3.63, 3.8) is 0 Å². The van der Waals surface area contributed by atoms with Crippen molar-refractivity contribution >= 4 is 50.3 Å². The number of nitrogens with zero attached hydrogens (tertiary/aromatic N) is 6. The van der Waals surface area contributed by atoms with Crippen molar-refractivity contribution in [2.75, 3.05) is 20.6 Å². The summed E-state index contributed by atoms with van der Waals surface area (Å²) < 4.78 is 28.3. The molecule has 0 saturated heterocycles. The Morgan fingerprint density at radius 3 is 2.79 bits per heavy atom. The van der Waals surface area contributed by atoms with Gasteiger partial charge < -0.3 is 26.8 Å². The highest BCUT2D eigenvalue weighted by Gasteiger charge is 2.23. The third-order valence-electron chi connectivity index (χ3n) is 5.22. The highest BCUT2D eigenvalue weighted by Crippen LogP contribution is 2.37. The summed E-state index contributed by atoms with van der Waals surface area (Å²) in [6.07, 6.45) is 0.412. The quantitative estimate of drug-likeness (QED) is 0.292. The van der Waals surface area contributed by atoms with Crippen molar-refractivity contribution in [1.82, 2.24) is 24.9 Å². The van der Waals surface area contributed by atoms with E-state index in [0.717, 1.165) is 4.68 Å². The maximum atomic E-state index is 15.6. The average Bonchev–Trinajstić information content (AvgIpc) is 3.21. The molecule has 38 heavy (non-hydrogen) atoms. The summed E-state index contributed by atoms with van der Waals surface area (Å²) in [5.74, 6) is -0.489. The summed E-state index contributed by atoms with van der Waals surface area (Å²) in [7, 11) is 3.75. The minimum Gasteiger partial charge on any atom is -1.00 e. The van der Waals surface area contributed by atoms with Crippen LogP contribution < -0.4 is 17.1 Å². The number of likely N-dealkylation sites (N-methyl/N-ethyl adjacent to an activating group) is 1. The van der Waals surface area contributed by atoms with E-state index in [0.29, 0.717) is 27.1 Å². The lowest BCUT2D eigenvalue weighted by Crippen LogP contribution is -3.00. The Morgan fingerprint density at radius 2 is 2.08 bits per heavy atom. The summed E-state index contributed by atoms with van der Waals surface area (Å²) in [4.78, 5) is 18.1. The topological polar surface area (TPSA) is 86.7 Å². The van der Waals surface area contributed by atoms with E-state index in [2.05, 4.69) is 36.1 Å². The largest absolute Gasteiger partial charge is 1.00 e. The first-order valence-electron chi connectivity index (χ1n) is 11.0. The number of halogens is 4. The lowest BCUT2D eigenvalue weighted by Gasteiger charge is -2.17. The number of hydrogen-bond donors (Lipinski definition) is 0. The molecule has 1 atom stereocenters. The van der Waals surface area contributed by atoms with E-state index >= 15 is 4.39 Å². The van der Waals surface area contributed by atoms with Gasteiger partial charge in [-0.3, -0.25) is 0 Å². The van der Waals surface area contributed by atoms with Crippen molar-refractivity contribution in [3.8, 4) is 11.5 Å². The number of carbonyl (C=O) groups is 1. The van der Waals surface area contributed by atoms with Gasteiger partial charge in [0.1, 0.15) is 11.9 Å². The van der Waals surface area contributed by atoms with Crippen molar-refractivity contribution in [2.24, 2.45) is 0 Å². The summed E-state index contributed by atoms with van der Waals surface area (Å²) >= 11 is 9.38. The van der Waals surface area contributed by atoms with E-state index in [1.807, 2.05) is 19.0 Å². The Hall–Kier alpha value is -3.30. The number of rotatable bonds is 7. The van der Waals surface area contributed by atoms with Crippen LogP contribution in [0.1, 0.15) is 19.6 Å². The van der Waals surface area contributed by atoms with Gasteiger partial charge in [-0.2, -0.15) is 10.2 Å². The van der Waals surface area contributed by atoms with Crippen molar-refractivity contribution < 1.29 is 32.5 Å². The van der Waals surface area contributed by atoms with Gasteiger partial charge in [-0.25, -0.2) is 14.0 Å². The van der Waals surface area contributed by atoms with E-state index < -0.39 is 11.9 Å². The van der Waals surface area contributed by atoms with E-state index in [9.17, 15) is 4.79 Å². The van der Waals surface area contributed by atoms with Crippen LogP contribution in [0.4, 0.5) is 14.9 Å². The van der Waals surface area contributed by atoms with Crippen LogP contribution in [0.25, 0.3) is 15.9 Å². The zero-order chi connectivity index (χ0) is 26.7.